The van der Waals surface area contributed by atoms with Crippen LogP contribution in [0.3, 0.4) is 0 Å². The third kappa shape index (κ3) is 66.8. The number of carbonyl (C=O) groups is 2. The predicted octanol–water partition coefficient (Wildman–Crippen LogP) is 23.6. The van der Waals surface area contributed by atoms with Crippen LogP contribution in [-0.2, 0) is 14.3 Å². The van der Waals surface area contributed by atoms with E-state index >= 15 is 0 Å². The monoisotopic (exact) mass is 1140 g/mol. The van der Waals surface area contributed by atoms with Crippen LogP contribution in [-0.4, -0.2) is 47.4 Å². The maximum Gasteiger partial charge on any atom is 0.305 e. The molecule has 476 valence electrons. The lowest BCUT2D eigenvalue weighted by Crippen LogP contribution is -2.45. The summed E-state index contributed by atoms with van der Waals surface area (Å²) in [5.41, 5.74) is 0. The van der Waals surface area contributed by atoms with Gasteiger partial charge < -0.3 is 20.3 Å². The molecular formula is C75H141NO5. The number of nitrogens with one attached hydrogen (secondary N) is 1. The van der Waals surface area contributed by atoms with Crippen molar-refractivity contribution in [3.8, 4) is 0 Å². The lowest BCUT2D eigenvalue weighted by atomic mass is 10.0. The molecule has 0 fully saturated rings. The van der Waals surface area contributed by atoms with Crippen molar-refractivity contribution in [2.24, 2.45) is 0 Å². The Labute approximate surface area is 506 Å². The van der Waals surface area contributed by atoms with Crippen molar-refractivity contribution >= 4 is 11.9 Å². The summed E-state index contributed by atoms with van der Waals surface area (Å²) in [5, 5.41) is 23.2. The van der Waals surface area contributed by atoms with Crippen LogP contribution in [0.5, 0.6) is 0 Å². The van der Waals surface area contributed by atoms with Gasteiger partial charge in [0.25, 0.3) is 0 Å². The van der Waals surface area contributed by atoms with E-state index in [-0.39, 0.29) is 18.5 Å². The molecule has 0 bridgehead atoms. The highest BCUT2D eigenvalue weighted by Crippen LogP contribution is 2.18. The number of aliphatic hydroxyl groups is 2. The zero-order valence-corrected chi connectivity index (χ0v) is 54.5. The van der Waals surface area contributed by atoms with E-state index in [0.29, 0.717) is 25.9 Å². The number of rotatable bonds is 68. The average Bonchev–Trinajstić information content (AvgIpc) is 3.47. The third-order valence-corrected chi connectivity index (χ3v) is 16.9. The van der Waals surface area contributed by atoms with Crippen molar-refractivity contribution < 1.29 is 24.5 Å². The Hall–Kier alpha value is -2.18. The number of ether oxygens (including phenoxy) is 1. The van der Waals surface area contributed by atoms with Crippen molar-refractivity contribution in [2.75, 3.05) is 13.2 Å². The number of esters is 1. The van der Waals surface area contributed by atoms with Gasteiger partial charge in [0.2, 0.25) is 5.91 Å². The molecule has 0 aromatic rings. The molecule has 81 heavy (non-hydrogen) atoms. The SMILES string of the molecule is CCCCCC/C=C\C/C=C\CCCCCCCCCC(=O)OCCCCCCCCCCCCC/C=C\C/C=C\CCCCCCCCCCCCCCCCCCCC(=O)NC(CO)C(O)CCCCCCCCCCCCC. The van der Waals surface area contributed by atoms with Crippen LogP contribution in [0.2, 0.25) is 0 Å². The molecule has 0 spiro atoms. The summed E-state index contributed by atoms with van der Waals surface area (Å²) in [4.78, 5) is 24.6. The third-order valence-electron chi connectivity index (χ3n) is 16.9. The van der Waals surface area contributed by atoms with Gasteiger partial charge in [-0.1, -0.05) is 339 Å². The molecule has 2 atom stereocenters. The molecule has 3 N–H and O–H groups in total. The van der Waals surface area contributed by atoms with Gasteiger partial charge in [-0.3, -0.25) is 9.59 Å². The van der Waals surface area contributed by atoms with Crippen molar-refractivity contribution in [2.45, 2.75) is 405 Å². The molecule has 0 aliphatic rings. The van der Waals surface area contributed by atoms with Gasteiger partial charge in [-0.05, 0) is 89.9 Å². The van der Waals surface area contributed by atoms with Crippen molar-refractivity contribution in [3.05, 3.63) is 48.6 Å². The van der Waals surface area contributed by atoms with Gasteiger partial charge in [0.1, 0.15) is 0 Å². The number of carbonyl (C=O) groups excluding carboxylic acids is 2. The van der Waals surface area contributed by atoms with E-state index in [1.165, 1.54) is 302 Å². The van der Waals surface area contributed by atoms with Gasteiger partial charge in [-0.25, -0.2) is 0 Å². The molecule has 0 aliphatic heterocycles. The van der Waals surface area contributed by atoms with Gasteiger partial charge in [0.15, 0.2) is 0 Å². The van der Waals surface area contributed by atoms with Crippen LogP contribution in [0.25, 0.3) is 0 Å². The summed E-state index contributed by atoms with van der Waals surface area (Å²) in [6.45, 7) is 4.95. The number of hydrogen-bond donors (Lipinski definition) is 3. The fourth-order valence-electron chi connectivity index (χ4n) is 11.3. The summed E-state index contributed by atoms with van der Waals surface area (Å²) in [6.07, 6.45) is 91.8. The molecule has 0 saturated heterocycles. The molecule has 2 unspecified atom stereocenters. The lowest BCUT2D eigenvalue weighted by Gasteiger charge is -2.22. The van der Waals surface area contributed by atoms with Crippen molar-refractivity contribution in [1.82, 2.24) is 5.32 Å². The molecule has 6 nitrogen and oxygen atoms in total. The van der Waals surface area contributed by atoms with Gasteiger partial charge in [0, 0.05) is 12.8 Å². The highest BCUT2D eigenvalue weighted by atomic mass is 16.5. The van der Waals surface area contributed by atoms with E-state index < -0.39 is 12.1 Å². The number of aliphatic hydroxyl groups excluding tert-OH is 2. The number of unbranched alkanes of at least 4 members (excludes halogenated alkanes) is 49. The summed E-state index contributed by atoms with van der Waals surface area (Å²) < 4.78 is 5.50. The minimum atomic E-state index is -0.661. The first-order valence-electron chi connectivity index (χ1n) is 36.4. The molecule has 0 aliphatic carbocycles. The minimum absolute atomic E-state index is 0.00955. The number of hydrogen-bond acceptors (Lipinski definition) is 5. The Morgan fingerprint density at radius 3 is 0.951 bits per heavy atom. The van der Waals surface area contributed by atoms with Gasteiger partial charge in [0.05, 0.1) is 25.4 Å². The Kier molecular flexibility index (Phi) is 68.4. The Morgan fingerprint density at radius 2 is 0.617 bits per heavy atom. The van der Waals surface area contributed by atoms with E-state index in [1.54, 1.807) is 0 Å². The Bertz CT molecular complexity index is 1360. The standard InChI is InChI=1S/C75H141NO5/c1-3-5-7-9-11-13-15-16-17-18-39-42-45-49-53-57-61-65-69-75(80)81-70-66-62-58-54-50-46-43-40-37-35-33-31-29-27-25-23-21-19-20-22-24-26-28-30-32-34-36-38-41-44-48-52-56-60-64-68-74(79)76-72(71-77)73(78)67-63-59-55-51-47-14-12-10-8-6-4-2/h13,15,17-18,21,23,27,29,72-73,77-78H,3-12,14,16,19-20,22,24-26,28,30-71H2,1-2H3,(H,76,79)/b15-13-,18-17-,23-21-,29-27-. The van der Waals surface area contributed by atoms with Crippen LogP contribution < -0.4 is 5.32 Å². The zero-order chi connectivity index (χ0) is 58.5. The summed E-state index contributed by atoms with van der Waals surface area (Å²) in [6, 6.07) is -0.539. The summed E-state index contributed by atoms with van der Waals surface area (Å²) in [7, 11) is 0. The Balaban J connectivity index is 3.35. The first-order chi connectivity index (χ1) is 40.0. The topological polar surface area (TPSA) is 95.9 Å². The Morgan fingerprint density at radius 1 is 0.346 bits per heavy atom. The summed E-state index contributed by atoms with van der Waals surface area (Å²) >= 11 is 0. The molecule has 0 aromatic carbocycles. The van der Waals surface area contributed by atoms with E-state index in [9.17, 15) is 19.8 Å². The highest BCUT2D eigenvalue weighted by molar-refractivity contribution is 5.76. The second-order valence-corrected chi connectivity index (χ2v) is 24.9. The molecule has 0 radical (unpaired) electrons. The van der Waals surface area contributed by atoms with Crippen molar-refractivity contribution in [3.63, 3.8) is 0 Å². The van der Waals surface area contributed by atoms with E-state index in [0.717, 1.165) is 57.8 Å². The van der Waals surface area contributed by atoms with Crippen LogP contribution in [0.15, 0.2) is 48.6 Å². The largest absolute Gasteiger partial charge is 0.466 e. The molecule has 0 rings (SSSR count). The molecule has 0 aromatic heterocycles. The van der Waals surface area contributed by atoms with Gasteiger partial charge >= 0.3 is 5.97 Å². The van der Waals surface area contributed by atoms with Crippen LogP contribution in [0.1, 0.15) is 393 Å². The van der Waals surface area contributed by atoms with Gasteiger partial charge in [-0.15, -0.1) is 0 Å². The normalized spacial score (nSPS) is 12.8. The van der Waals surface area contributed by atoms with Crippen LogP contribution in [0.4, 0.5) is 0 Å². The first-order valence-corrected chi connectivity index (χ1v) is 36.4. The number of allylic oxidation sites excluding steroid dienone is 8. The fourth-order valence-corrected chi connectivity index (χ4v) is 11.3. The molecule has 0 saturated carbocycles. The molecule has 6 heteroatoms. The summed E-state index contributed by atoms with van der Waals surface area (Å²) in [5.74, 6) is -0.0228. The predicted molar refractivity (Wildman–Crippen MR) is 356 cm³/mol. The maximum atomic E-state index is 12.5. The maximum absolute atomic E-state index is 12.5. The average molecular weight is 1140 g/mol. The van der Waals surface area contributed by atoms with E-state index in [4.69, 9.17) is 4.74 Å². The van der Waals surface area contributed by atoms with E-state index in [2.05, 4.69) is 67.8 Å². The molecule has 0 heterocycles. The minimum Gasteiger partial charge on any atom is -0.466 e. The van der Waals surface area contributed by atoms with Gasteiger partial charge in [-0.2, -0.15) is 0 Å². The highest BCUT2D eigenvalue weighted by Gasteiger charge is 2.20. The molecular weight excluding hydrogens is 995 g/mol. The quantitative estimate of drug-likeness (QED) is 0.0320. The zero-order valence-electron chi connectivity index (χ0n) is 54.5. The van der Waals surface area contributed by atoms with E-state index in [1.807, 2.05) is 0 Å². The van der Waals surface area contributed by atoms with Crippen LogP contribution in [0, 0.1) is 0 Å². The first kappa shape index (κ1) is 78.8. The second kappa shape index (κ2) is 70.3. The van der Waals surface area contributed by atoms with Crippen LogP contribution >= 0.6 is 0 Å². The smallest absolute Gasteiger partial charge is 0.305 e. The second-order valence-electron chi connectivity index (χ2n) is 24.9. The van der Waals surface area contributed by atoms with Crippen molar-refractivity contribution in [1.29, 1.82) is 0 Å². The fraction of sp³-hybridized carbons (Fsp3) is 0.867. The number of amides is 1. The molecule has 1 amide bonds. The lowest BCUT2D eigenvalue weighted by molar-refractivity contribution is -0.143.